The van der Waals surface area contributed by atoms with Gasteiger partial charge in [-0.1, -0.05) is 17.7 Å². The summed E-state index contributed by atoms with van der Waals surface area (Å²) >= 11 is 5.94. The van der Waals surface area contributed by atoms with Crippen LogP contribution in [0.5, 0.6) is 0 Å². The number of carbonyl (C=O) groups is 1. The second-order valence-corrected chi connectivity index (χ2v) is 4.04. The van der Waals surface area contributed by atoms with Gasteiger partial charge in [0.1, 0.15) is 0 Å². The van der Waals surface area contributed by atoms with Crippen LogP contribution in [0.25, 0.3) is 0 Å². The van der Waals surface area contributed by atoms with Gasteiger partial charge in [-0.05, 0) is 25.0 Å². The van der Waals surface area contributed by atoms with Gasteiger partial charge >= 0.3 is 0 Å². The van der Waals surface area contributed by atoms with E-state index in [2.05, 4.69) is 4.90 Å². The first kappa shape index (κ1) is 9.53. The van der Waals surface area contributed by atoms with Crippen molar-refractivity contribution >= 4 is 23.6 Å². The monoisotopic (exact) mass is 209 g/mol. The van der Waals surface area contributed by atoms with Gasteiger partial charge in [-0.3, -0.25) is 4.79 Å². The van der Waals surface area contributed by atoms with Gasteiger partial charge in [0.25, 0.3) is 0 Å². The third-order valence-corrected chi connectivity index (χ3v) is 2.95. The molecule has 14 heavy (non-hydrogen) atoms. The molecule has 0 atom stereocenters. The molecular formula is C11H12ClNO. The number of hydrogen-bond donors (Lipinski definition) is 0. The highest BCUT2D eigenvalue weighted by Gasteiger charge is 2.27. The fourth-order valence-corrected chi connectivity index (χ4v) is 1.82. The van der Waals surface area contributed by atoms with E-state index in [-0.39, 0.29) is 0 Å². The van der Waals surface area contributed by atoms with E-state index in [1.165, 1.54) is 12.8 Å². The zero-order valence-electron chi connectivity index (χ0n) is 8.03. The van der Waals surface area contributed by atoms with Gasteiger partial charge in [-0.2, -0.15) is 0 Å². The summed E-state index contributed by atoms with van der Waals surface area (Å²) in [6.07, 6.45) is 3.25. The minimum absolute atomic E-state index is 0.532. The molecule has 2 rings (SSSR count). The molecule has 0 heterocycles. The van der Waals surface area contributed by atoms with Crippen LogP contribution in [0.1, 0.15) is 23.2 Å². The molecular weight excluding hydrogens is 198 g/mol. The zero-order chi connectivity index (χ0) is 10.1. The van der Waals surface area contributed by atoms with Crippen molar-refractivity contribution < 1.29 is 4.79 Å². The summed E-state index contributed by atoms with van der Waals surface area (Å²) in [5.74, 6) is 0. The lowest BCUT2D eigenvalue weighted by molar-refractivity contribution is 0.112. The van der Waals surface area contributed by atoms with Crippen LogP contribution in [-0.2, 0) is 0 Å². The molecule has 3 heteroatoms. The summed E-state index contributed by atoms with van der Waals surface area (Å²) in [6.45, 7) is 0. The maximum absolute atomic E-state index is 10.9. The molecule has 0 aliphatic heterocycles. The standard InChI is InChI=1S/C11H12ClNO/c1-13(8-5-6-8)11-4-2-3-10(12)9(11)7-14/h2-4,7-8H,5-6H2,1H3. The SMILES string of the molecule is CN(c1cccc(Cl)c1C=O)C1CC1. The lowest BCUT2D eigenvalue weighted by Gasteiger charge is -2.20. The molecule has 0 spiro atoms. The molecule has 0 amide bonds. The highest BCUT2D eigenvalue weighted by atomic mass is 35.5. The van der Waals surface area contributed by atoms with Gasteiger partial charge in [-0.25, -0.2) is 0 Å². The Morgan fingerprint density at radius 1 is 1.50 bits per heavy atom. The van der Waals surface area contributed by atoms with Crippen molar-refractivity contribution in [1.29, 1.82) is 0 Å². The van der Waals surface area contributed by atoms with Gasteiger partial charge in [0.05, 0.1) is 10.6 Å². The summed E-state index contributed by atoms with van der Waals surface area (Å²) in [5.41, 5.74) is 1.54. The van der Waals surface area contributed by atoms with Crippen molar-refractivity contribution in [3.8, 4) is 0 Å². The average molecular weight is 210 g/mol. The highest BCUT2D eigenvalue weighted by molar-refractivity contribution is 6.33. The van der Waals surface area contributed by atoms with E-state index in [4.69, 9.17) is 11.6 Å². The molecule has 0 radical (unpaired) electrons. The van der Waals surface area contributed by atoms with Gasteiger partial charge in [0, 0.05) is 18.8 Å². The van der Waals surface area contributed by atoms with Crippen LogP contribution in [0.15, 0.2) is 18.2 Å². The first-order chi connectivity index (χ1) is 6.74. The zero-order valence-corrected chi connectivity index (χ0v) is 8.79. The Morgan fingerprint density at radius 2 is 2.21 bits per heavy atom. The Kier molecular flexibility index (Phi) is 2.46. The number of aldehydes is 1. The number of nitrogens with zero attached hydrogens (tertiary/aromatic N) is 1. The van der Waals surface area contributed by atoms with Crippen molar-refractivity contribution in [2.24, 2.45) is 0 Å². The van der Waals surface area contributed by atoms with Crippen LogP contribution in [0.4, 0.5) is 5.69 Å². The minimum atomic E-state index is 0.532. The van der Waals surface area contributed by atoms with E-state index in [0.29, 0.717) is 16.6 Å². The lowest BCUT2D eigenvalue weighted by atomic mass is 10.2. The molecule has 74 valence electrons. The largest absolute Gasteiger partial charge is 0.371 e. The predicted octanol–water partition coefficient (Wildman–Crippen LogP) is 2.75. The van der Waals surface area contributed by atoms with Crippen LogP contribution >= 0.6 is 11.6 Å². The van der Waals surface area contributed by atoms with E-state index < -0.39 is 0 Å². The maximum atomic E-state index is 10.9. The molecule has 1 aromatic carbocycles. The van der Waals surface area contributed by atoms with E-state index >= 15 is 0 Å². The first-order valence-corrected chi connectivity index (χ1v) is 5.08. The van der Waals surface area contributed by atoms with Crippen LogP contribution in [-0.4, -0.2) is 19.4 Å². The van der Waals surface area contributed by atoms with E-state index in [9.17, 15) is 4.79 Å². The second kappa shape index (κ2) is 3.62. The molecule has 0 aromatic heterocycles. The molecule has 0 unspecified atom stereocenters. The number of benzene rings is 1. The van der Waals surface area contributed by atoms with E-state index in [1.54, 1.807) is 6.07 Å². The molecule has 0 saturated heterocycles. The predicted molar refractivity (Wildman–Crippen MR) is 58.3 cm³/mol. The maximum Gasteiger partial charge on any atom is 0.153 e. The number of halogens is 1. The smallest absolute Gasteiger partial charge is 0.153 e. The average Bonchev–Trinajstić information content (AvgIpc) is 2.99. The number of rotatable bonds is 3. The van der Waals surface area contributed by atoms with Crippen molar-refractivity contribution in [1.82, 2.24) is 0 Å². The van der Waals surface area contributed by atoms with Crippen molar-refractivity contribution in [2.45, 2.75) is 18.9 Å². The molecule has 1 saturated carbocycles. The molecule has 1 aliphatic carbocycles. The lowest BCUT2D eigenvalue weighted by Crippen LogP contribution is -2.20. The van der Waals surface area contributed by atoms with Crippen LogP contribution < -0.4 is 4.90 Å². The van der Waals surface area contributed by atoms with Crippen LogP contribution in [0.2, 0.25) is 5.02 Å². The Hall–Kier alpha value is -1.02. The van der Waals surface area contributed by atoms with E-state index in [0.717, 1.165) is 12.0 Å². The molecule has 0 N–H and O–H groups in total. The Balaban J connectivity index is 2.39. The summed E-state index contributed by atoms with van der Waals surface area (Å²) in [4.78, 5) is 13.0. The third kappa shape index (κ3) is 1.62. The fraction of sp³-hybridized carbons (Fsp3) is 0.364. The number of anilines is 1. The van der Waals surface area contributed by atoms with E-state index in [1.807, 2.05) is 19.2 Å². The quantitative estimate of drug-likeness (QED) is 0.714. The third-order valence-electron chi connectivity index (χ3n) is 2.62. The van der Waals surface area contributed by atoms with Crippen LogP contribution in [0, 0.1) is 0 Å². The Bertz CT molecular complexity index is 360. The van der Waals surface area contributed by atoms with Gasteiger partial charge in [-0.15, -0.1) is 0 Å². The fourth-order valence-electron chi connectivity index (χ4n) is 1.61. The number of carbonyl (C=O) groups excluding carboxylic acids is 1. The van der Waals surface area contributed by atoms with Crippen molar-refractivity contribution in [3.63, 3.8) is 0 Å². The van der Waals surface area contributed by atoms with Crippen molar-refractivity contribution in [3.05, 3.63) is 28.8 Å². The molecule has 1 aromatic rings. The molecule has 1 fully saturated rings. The summed E-state index contributed by atoms with van der Waals surface area (Å²) < 4.78 is 0. The van der Waals surface area contributed by atoms with Gasteiger partial charge < -0.3 is 4.90 Å². The van der Waals surface area contributed by atoms with Crippen molar-refractivity contribution in [2.75, 3.05) is 11.9 Å². The van der Waals surface area contributed by atoms with Crippen LogP contribution in [0.3, 0.4) is 0 Å². The highest BCUT2D eigenvalue weighted by Crippen LogP contribution is 2.33. The summed E-state index contributed by atoms with van der Waals surface area (Å²) in [6, 6.07) is 6.15. The molecule has 1 aliphatic rings. The minimum Gasteiger partial charge on any atom is -0.371 e. The summed E-state index contributed by atoms with van der Waals surface area (Å²) in [5, 5.41) is 0.532. The normalized spacial score (nSPS) is 15.3. The molecule has 2 nitrogen and oxygen atoms in total. The summed E-state index contributed by atoms with van der Waals surface area (Å²) in [7, 11) is 2.01. The Morgan fingerprint density at radius 3 is 2.79 bits per heavy atom. The van der Waals surface area contributed by atoms with Gasteiger partial charge in [0.2, 0.25) is 0 Å². The molecule has 0 bridgehead atoms. The first-order valence-electron chi connectivity index (χ1n) is 4.70. The van der Waals surface area contributed by atoms with Gasteiger partial charge in [0.15, 0.2) is 6.29 Å². The second-order valence-electron chi connectivity index (χ2n) is 3.63. The number of hydrogen-bond acceptors (Lipinski definition) is 2. The topological polar surface area (TPSA) is 20.3 Å². The Labute approximate surface area is 88.5 Å².